The summed E-state index contributed by atoms with van der Waals surface area (Å²) in [6.45, 7) is 1.31. The molecule has 0 unspecified atom stereocenters. The lowest BCUT2D eigenvalue weighted by molar-refractivity contribution is 0.0645. The van der Waals surface area contributed by atoms with E-state index < -0.39 is 0 Å². The van der Waals surface area contributed by atoms with Gasteiger partial charge in [0.1, 0.15) is 5.75 Å². The zero-order chi connectivity index (χ0) is 22.8. The Morgan fingerprint density at radius 3 is 2.27 bits per heavy atom. The second-order valence-corrected chi connectivity index (χ2v) is 9.24. The number of thiophene rings is 1. The standard InChI is InChI=1S/C26H24N2O4S/c29-24-21-5-1-2-6-22(21)25(30)27(24)14-4-15-32-20-12-8-18(9-13-20)17-28(19-10-11-19)26(31)23-7-3-16-33-23/h1-3,5-9,12-13,16,19H,4,10-11,14-15,17H2. The van der Waals surface area contributed by atoms with E-state index in [1.54, 1.807) is 24.3 Å². The maximum absolute atomic E-state index is 12.8. The highest BCUT2D eigenvalue weighted by Gasteiger charge is 2.35. The molecule has 2 aliphatic rings. The van der Waals surface area contributed by atoms with Gasteiger partial charge in [-0.2, -0.15) is 0 Å². The fourth-order valence-corrected chi connectivity index (χ4v) is 4.72. The van der Waals surface area contributed by atoms with Gasteiger partial charge in [-0.25, -0.2) is 0 Å². The lowest BCUT2D eigenvalue weighted by Gasteiger charge is -2.22. The molecule has 0 saturated heterocycles. The van der Waals surface area contributed by atoms with Crippen LogP contribution in [-0.2, 0) is 6.54 Å². The summed E-state index contributed by atoms with van der Waals surface area (Å²) in [4.78, 5) is 41.7. The number of nitrogens with zero attached hydrogens (tertiary/aromatic N) is 2. The molecular weight excluding hydrogens is 436 g/mol. The van der Waals surface area contributed by atoms with Crippen LogP contribution in [0.5, 0.6) is 5.75 Å². The lowest BCUT2D eigenvalue weighted by Crippen LogP contribution is -2.32. The molecule has 1 aliphatic heterocycles. The van der Waals surface area contributed by atoms with Crippen LogP contribution >= 0.6 is 11.3 Å². The Hall–Kier alpha value is -3.45. The number of imide groups is 1. The van der Waals surface area contributed by atoms with E-state index in [0.717, 1.165) is 29.0 Å². The highest BCUT2D eigenvalue weighted by molar-refractivity contribution is 7.12. The van der Waals surface area contributed by atoms with Gasteiger partial charge in [-0.15, -0.1) is 11.3 Å². The van der Waals surface area contributed by atoms with Crippen LogP contribution in [0.25, 0.3) is 0 Å². The van der Waals surface area contributed by atoms with E-state index in [1.807, 2.05) is 46.7 Å². The predicted octanol–water partition coefficient (Wildman–Crippen LogP) is 4.62. The van der Waals surface area contributed by atoms with E-state index in [4.69, 9.17) is 4.74 Å². The van der Waals surface area contributed by atoms with Crippen LogP contribution in [0, 0.1) is 0 Å². The maximum Gasteiger partial charge on any atom is 0.264 e. The molecule has 6 nitrogen and oxygen atoms in total. The molecule has 7 heteroatoms. The highest BCUT2D eigenvalue weighted by Crippen LogP contribution is 2.31. The average Bonchev–Trinajstić information content (AvgIpc) is 3.47. The molecule has 2 heterocycles. The van der Waals surface area contributed by atoms with Crippen molar-refractivity contribution in [1.29, 1.82) is 0 Å². The molecule has 0 atom stereocenters. The first-order valence-electron chi connectivity index (χ1n) is 11.1. The van der Waals surface area contributed by atoms with Crippen molar-refractivity contribution in [2.24, 2.45) is 0 Å². The van der Waals surface area contributed by atoms with Gasteiger partial charge >= 0.3 is 0 Å². The zero-order valence-electron chi connectivity index (χ0n) is 18.1. The van der Waals surface area contributed by atoms with Gasteiger partial charge in [0.15, 0.2) is 0 Å². The van der Waals surface area contributed by atoms with Gasteiger partial charge < -0.3 is 9.64 Å². The Labute approximate surface area is 196 Å². The normalized spacial score (nSPS) is 15.0. The molecule has 33 heavy (non-hydrogen) atoms. The van der Waals surface area contributed by atoms with Crippen LogP contribution in [0.1, 0.15) is 55.2 Å². The number of amides is 3. The average molecular weight is 461 g/mol. The Balaban J connectivity index is 1.12. The van der Waals surface area contributed by atoms with Crippen LogP contribution in [-0.4, -0.2) is 46.7 Å². The molecule has 0 spiro atoms. The van der Waals surface area contributed by atoms with Crippen molar-refractivity contribution in [3.63, 3.8) is 0 Å². The molecule has 0 bridgehead atoms. The first-order chi connectivity index (χ1) is 16.1. The van der Waals surface area contributed by atoms with Crippen LogP contribution in [0.2, 0.25) is 0 Å². The summed E-state index contributed by atoms with van der Waals surface area (Å²) in [7, 11) is 0. The molecule has 1 fully saturated rings. The zero-order valence-corrected chi connectivity index (χ0v) is 18.9. The van der Waals surface area contributed by atoms with Crippen molar-refractivity contribution < 1.29 is 19.1 Å². The Kier molecular flexibility index (Phi) is 5.96. The minimum atomic E-state index is -0.239. The number of carbonyl (C=O) groups excluding carboxylic acids is 3. The largest absolute Gasteiger partial charge is 0.494 e. The predicted molar refractivity (Wildman–Crippen MR) is 126 cm³/mol. The summed E-state index contributed by atoms with van der Waals surface area (Å²) in [6.07, 6.45) is 2.68. The van der Waals surface area contributed by atoms with Crippen LogP contribution < -0.4 is 4.74 Å². The Bertz CT molecular complexity index is 1130. The molecule has 1 aromatic heterocycles. The molecule has 2 aromatic carbocycles. The fraction of sp³-hybridized carbons (Fsp3) is 0.269. The summed E-state index contributed by atoms with van der Waals surface area (Å²) in [6, 6.07) is 18.8. The number of benzene rings is 2. The smallest absolute Gasteiger partial charge is 0.264 e. The van der Waals surface area contributed by atoms with Crippen molar-refractivity contribution in [3.8, 4) is 5.75 Å². The van der Waals surface area contributed by atoms with E-state index in [0.29, 0.717) is 43.3 Å². The minimum absolute atomic E-state index is 0.0981. The van der Waals surface area contributed by atoms with Crippen LogP contribution in [0.3, 0.4) is 0 Å². The van der Waals surface area contributed by atoms with Crippen LogP contribution in [0.15, 0.2) is 66.0 Å². The van der Waals surface area contributed by atoms with E-state index in [2.05, 4.69) is 0 Å². The van der Waals surface area contributed by atoms with E-state index in [9.17, 15) is 14.4 Å². The van der Waals surface area contributed by atoms with E-state index >= 15 is 0 Å². The summed E-state index contributed by atoms with van der Waals surface area (Å²) in [5, 5.41) is 1.93. The molecule has 0 N–H and O–H groups in total. The molecule has 5 rings (SSSR count). The maximum atomic E-state index is 12.8. The molecule has 168 valence electrons. The van der Waals surface area contributed by atoms with Crippen molar-refractivity contribution >= 4 is 29.1 Å². The number of carbonyl (C=O) groups is 3. The second kappa shape index (κ2) is 9.19. The van der Waals surface area contributed by atoms with Gasteiger partial charge in [0.2, 0.25) is 0 Å². The first kappa shape index (κ1) is 21.4. The van der Waals surface area contributed by atoms with Gasteiger partial charge in [0, 0.05) is 19.1 Å². The van der Waals surface area contributed by atoms with Crippen molar-refractivity contribution in [1.82, 2.24) is 9.80 Å². The topological polar surface area (TPSA) is 66.9 Å². The van der Waals surface area contributed by atoms with Crippen molar-refractivity contribution in [3.05, 3.63) is 87.6 Å². The van der Waals surface area contributed by atoms with Gasteiger partial charge in [-0.05, 0) is 60.5 Å². The van der Waals surface area contributed by atoms with Gasteiger partial charge in [0.05, 0.1) is 22.6 Å². The first-order valence-corrected chi connectivity index (χ1v) is 12.0. The quantitative estimate of drug-likeness (QED) is 0.345. The van der Waals surface area contributed by atoms with Gasteiger partial charge in [-0.1, -0.05) is 30.3 Å². The lowest BCUT2D eigenvalue weighted by atomic mass is 10.1. The van der Waals surface area contributed by atoms with Crippen molar-refractivity contribution in [2.45, 2.75) is 31.8 Å². The SMILES string of the molecule is O=C1c2ccccc2C(=O)N1CCCOc1ccc(CN(C(=O)c2cccs2)C2CC2)cc1. The fourth-order valence-electron chi connectivity index (χ4n) is 4.04. The highest BCUT2D eigenvalue weighted by atomic mass is 32.1. The summed E-state index contributed by atoms with van der Waals surface area (Å²) < 4.78 is 5.81. The molecule has 3 amide bonds. The number of fused-ring (bicyclic) bond motifs is 1. The number of rotatable bonds is 9. The third-order valence-electron chi connectivity index (χ3n) is 5.93. The summed E-state index contributed by atoms with van der Waals surface area (Å²) in [5.41, 5.74) is 2.00. The minimum Gasteiger partial charge on any atom is -0.494 e. The number of ether oxygens (including phenoxy) is 1. The van der Waals surface area contributed by atoms with E-state index in [1.165, 1.54) is 16.2 Å². The third-order valence-corrected chi connectivity index (χ3v) is 6.79. The van der Waals surface area contributed by atoms with Crippen LogP contribution in [0.4, 0.5) is 0 Å². The molecular formula is C26H24N2O4S. The van der Waals surface area contributed by atoms with Gasteiger partial charge in [0.25, 0.3) is 17.7 Å². The molecule has 1 aliphatic carbocycles. The molecule has 1 saturated carbocycles. The van der Waals surface area contributed by atoms with E-state index in [-0.39, 0.29) is 17.7 Å². The molecule has 3 aromatic rings. The van der Waals surface area contributed by atoms with Gasteiger partial charge in [-0.3, -0.25) is 19.3 Å². The monoisotopic (exact) mass is 460 g/mol. The molecule has 0 radical (unpaired) electrons. The van der Waals surface area contributed by atoms with Crippen molar-refractivity contribution in [2.75, 3.05) is 13.2 Å². The third kappa shape index (κ3) is 4.54. The number of hydrogen-bond donors (Lipinski definition) is 0. The Morgan fingerprint density at radius 1 is 0.970 bits per heavy atom. The Morgan fingerprint density at radius 2 is 1.67 bits per heavy atom. The summed E-state index contributed by atoms with van der Waals surface area (Å²) in [5.74, 6) is 0.346. The number of hydrogen-bond acceptors (Lipinski definition) is 5. The second-order valence-electron chi connectivity index (χ2n) is 8.30. The summed E-state index contributed by atoms with van der Waals surface area (Å²) >= 11 is 1.48.